The molecule has 2 heterocycles. The molecule has 0 bridgehead atoms. The Hall–Kier alpha value is -3.06. The number of nitrogens with zero attached hydrogens (tertiary/aromatic N) is 3. The molecule has 1 fully saturated rings. The molecule has 32 heavy (non-hydrogen) atoms. The van der Waals surface area contributed by atoms with Gasteiger partial charge in [0.25, 0.3) is 0 Å². The van der Waals surface area contributed by atoms with Crippen molar-refractivity contribution in [3.8, 4) is 11.5 Å². The summed E-state index contributed by atoms with van der Waals surface area (Å²) in [6.45, 7) is 7.63. The van der Waals surface area contributed by atoms with Crippen molar-refractivity contribution in [1.29, 1.82) is 0 Å². The summed E-state index contributed by atoms with van der Waals surface area (Å²) >= 11 is 1.73. The van der Waals surface area contributed by atoms with Crippen LogP contribution in [0.4, 0.5) is 5.13 Å². The average molecular weight is 452 g/mol. The van der Waals surface area contributed by atoms with Gasteiger partial charge in [-0.05, 0) is 54.8 Å². The third-order valence-electron chi connectivity index (χ3n) is 5.62. The second-order valence-electron chi connectivity index (χ2n) is 7.64. The lowest BCUT2D eigenvalue weighted by atomic mass is 10.2. The predicted octanol–water partition coefficient (Wildman–Crippen LogP) is 4.63. The van der Waals surface area contributed by atoms with E-state index in [9.17, 15) is 4.79 Å². The minimum atomic E-state index is 0.0226. The lowest BCUT2D eigenvalue weighted by Crippen LogP contribution is -2.48. The molecule has 2 aromatic carbocycles. The molecule has 1 aromatic heterocycles. The first-order chi connectivity index (χ1) is 15.6. The molecule has 0 atom stereocenters. The smallest absolute Gasteiger partial charge is 0.246 e. The summed E-state index contributed by atoms with van der Waals surface area (Å²) in [6.07, 6.45) is 4.49. The normalized spacial score (nSPS) is 14.3. The summed E-state index contributed by atoms with van der Waals surface area (Å²) in [5, 5.41) is 1.04. The third-order valence-corrected chi connectivity index (χ3v) is 6.70. The van der Waals surface area contributed by atoms with Gasteiger partial charge in [0.05, 0.1) is 23.9 Å². The van der Waals surface area contributed by atoms with Gasteiger partial charge in [-0.15, -0.1) is 0 Å². The topological polar surface area (TPSA) is 54.9 Å². The SMILES string of the molecule is CCOc1ccc(/C=C/C(=O)N2CCN(c3nc4ccc(CC)cc4s3)CC2)cc1OC. The summed E-state index contributed by atoms with van der Waals surface area (Å²) in [5.74, 6) is 1.39. The minimum Gasteiger partial charge on any atom is -0.493 e. The highest BCUT2D eigenvalue weighted by Gasteiger charge is 2.22. The molecule has 1 aliphatic rings. The van der Waals surface area contributed by atoms with Crippen molar-refractivity contribution in [2.75, 3.05) is 44.8 Å². The second kappa shape index (κ2) is 10.0. The van der Waals surface area contributed by atoms with Crippen molar-refractivity contribution in [3.63, 3.8) is 0 Å². The van der Waals surface area contributed by atoms with Gasteiger partial charge in [-0.1, -0.05) is 30.4 Å². The molecular weight excluding hydrogens is 422 g/mol. The number of methoxy groups -OCH3 is 1. The lowest BCUT2D eigenvalue weighted by Gasteiger charge is -2.34. The molecule has 0 aliphatic carbocycles. The molecule has 168 valence electrons. The van der Waals surface area contributed by atoms with Gasteiger partial charge >= 0.3 is 0 Å². The van der Waals surface area contributed by atoms with Crippen LogP contribution in [0.15, 0.2) is 42.5 Å². The van der Waals surface area contributed by atoms with Crippen LogP contribution in [0.1, 0.15) is 25.0 Å². The fourth-order valence-corrected chi connectivity index (χ4v) is 4.85. The van der Waals surface area contributed by atoms with Gasteiger partial charge in [0.2, 0.25) is 5.91 Å². The maximum Gasteiger partial charge on any atom is 0.246 e. The Morgan fingerprint density at radius 1 is 1.09 bits per heavy atom. The number of benzene rings is 2. The zero-order chi connectivity index (χ0) is 22.5. The largest absolute Gasteiger partial charge is 0.493 e. The molecule has 1 aliphatic heterocycles. The molecule has 0 unspecified atom stereocenters. The Labute approximate surface area is 193 Å². The fourth-order valence-electron chi connectivity index (χ4n) is 3.77. The van der Waals surface area contributed by atoms with Gasteiger partial charge < -0.3 is 19.3 Å². The van der Waals surface area contributed by atoms with E-state index in [1.165, 1.54) is 10.3 Å². The van der Waals surface area contributed by atoms with E-state index in [-0.39, 0.29) is 5.91 Å². The average Bonchev–Trinajstić information content (AvgIpc) is 3.26. The maximum absolute atomic E-state index is 12.7. The highest BCUT2D eigenvalue weighted by atomic mass is 32.1. The van der Waals surface area contributed by atoms with Gasteiger partial charge in [-0.3, -0.25) is 4.79 Å². The summed E-state index contributed by atoms with van der Waals surface area (Å²) < 4.78 is 12.2. The Morgan fingerprint density at radius 2 is 1.91 bits per heavy atom. The third kappa shape index (κ3) is 4.88. The number of fused-ring (bicyclic) bond motifs is 1. The van der Waals surface area contributed by atoms with E-state index in [1.807, 2.05) is 36.1 Å². The molecule has 0 spiro atoms. The van der Waals surface area contributed by atoms with Gasteiger partial charge in [-0.25, -0.2) is 4.98 Å². The van der Waals surface area contributed by atoms with E-state index < -0.39 is 0 Å². The molecule has 0 saturated carbocycles. The Bertz CT molecular complexity index is 1120. The molecule has 4 rings (SSSR count). The minimum absolute atomic E-state index is 0.0226. The van der Waals surface area contributed by atoms with E-state index in [4.69, 9.17) is 14.5 Å². The lowest BCUT2D eigenvalue weighted by molar-refractivity contribution is -0.126. The van der Waals surface area contributed by atoms with Crippen LogP contribution in [-0.4, -0.2) is 55.7 Å². The number of piperazine rings is 1. The first kappa shape index (κ1) is 22.1. The van der Waals surface area contributed by atoms with Gasteiger partial charge in [0, 0.05) is 32.3 Å². The number of aromatic nitrogens is 1. The standard InChI is InChI=1S/C25H29N3O3S/c1-4-18-6-9-20-23(17-18)32-25(26-20)28-14-12-27(13-15-28)24(29)11-8-19-7-10-21(31-5-2)22(16-19)30-3/h6-11,16-17H,4-5,12-15H2,1-3H3/b11-8+. The Morgan fingerprint density at radius 3 is 2.62 bits per heavy atom. The van der Waals surface area contributed by atoms with Crippen LogP contribution in [0, 0.1) is 0 Å². The number of carbonyl (C=O) groups is 1. The number of amides is 1. The van der Waals surface area contributed by atoms with E-state index in [1.54, 1.807) is 24.5 Å². The number of carbonyl (C=O) groups excluding carboxylic acids is 1. The van der Waals surface area contributed by atoms with Crippen molar-refractivity contribution in [2.24, 2.45) is 0 Å². The first-order valence-electron chi connectivity index (χ1n) is 11.0. The van der Waals surface area contributed by atoms with Crippen LogP contribution >= 0.6 is 11.3 Å². The first-order valence-corrected chi connectivity index (χ1v) is 11.8. The van der Waals surface area contributed by atoms with E-state index >= 15 is 0 Å². The van der Waals surface area contributed by atoms with Crippen molar-refractivity contribution >= 4 is 38.7 Å². The van der Waals surface area contributed by atoms with E-state index in [0.717, 1.165) is 35.7 Å². The van der Waals surface area contributed by atoms with Crippen LogP contribution in [-0.2, 0) is 11.2 Å². The number of anilines is 1. The van der Waals surface area contributed by atoms with Crippen LogP contribution in [0.5, 0.6) is 11.5 Å². The number of thiazole rings is 1. The molecule has 0 N–H and O–H groups in total. The monoisotopic (exact) mass is 451 g/mol. The molecule has 7 heteroatoms. The highest BCUT2D eigenvalue weighted by Crippen LogP contribution is 2.31. The molecule has 1 saturated heterocycles. The van der Waals surface area contributed by atoms with Gasteiger partial charge in [-0.2, -0.15) is 0 Å². The molecule has 3 aromatic rings. The highest BCUT2D eigenvalue weighted by molar-refractivity contribution is 7.22. The molecular formula is C25H29N3O3S. The molecule has 1 amide bonds. The predicted molar refractivity (Wildman–Crippen MR) is 131 cm³/mol. The fraction of sp³-hybridized carbons (Fsp3) is 0.360. The van der Waals surface area contributed by atoms with Crippen molar-refractivity contribution in [1.82, 2.24) is 9.88 Å². The number of hydrogen-bond acceptors (Lipinski definition) is 6. The van der Waals surface area contributed by atoms with Crippen LogP contribution in [0.25, 0.3) is 16.3 Å². The summed E-state index contributed by atoms with van der Waals surface area (Å²) in [5.41, 5.74) is 3.28. The van der Waals surface area contributed by atoms with Gasteiger partial charge in [0.1, 0.15) is 0 Å². The number of hydrogen-bond donors (Lipinski definition) is 0. The van der Waals surface area contributed by atoms with Crippen LogP contribution in [0.2, 0.25) is 0 Å². The Kier molecular flexibility index (Phi) is 6.95. The van der Waals surface area contributed by atoms with E-state index in [0.29, 0.717) is 31.2 Å². The summed E-state index contributed by atoms with van der Waals surface area (Å²) in [6, 6.07) is 12.2. The zero-order valence-electron chi connectivity index (χ0n) is 18.8. The number of rotatable bonds is 7. The maximum atomic E-state index is 12.7. The van der Waals surface area contributed by atoms with Crippen molar-refractivity contribution in [3.05, 3.63) is 53.6 Å². The van der Waals surface area contributed by atoms with Crippen molar-refractivity contribution < 1.29 is 14.3 Å². The summed E-state index contributed by atoms with van der Waals surface area (Å²) in [4.78, 5) is 21.7. The second-order valence-corrected chi connectivity index (χ2v) is 8.65. The number of ether oxygens (including phenoxy) is 2. The van der Waals surface area contributed by atoms with Crippen molar-refractivity contribution in [2.45, 2.75) is 20.3 Å². The van der Waals surface area contributed by atoms with E-state index in [2.05, 4.69) is 30.0 Å². The summed E-state index contributed by atoms with van der Waals surface area (Å²) in [7, 11) is 1.62. The van der Waals surface area contributed by atoms with Crippen LogP contribution in [0.3, 0.4) is 0 Å². The van der Waals surface area contributed by atoms with Crippen LogP contribution < -0.4 is 14.4 Å². The quantitative estimate of drug-likeness (QED) is 0.491. The van der Waals surface area contributed by atoms with Gasteiger partial charge in [0.15, 0.2) is 16.6 Å². The Balaban J connectivity index is 1.36. The molecule has 0 radical (unpaired) electrons. The number of aryl methyl sites for hydroxylation is 1. The molecule has 6 nitrogen and oxygen atoms in total. The zero-order valence-corrected chi connectivity index (χ0v) is 19.7.